The molecule has 4 rings (SSSR count). The number of fused-ring (bicyclic) bond motifs is 2. The maximum absolute atomic E-state index is 4.78. The molecule has 2 heterocycles. The van der Waals surface area contributed by atoms with E-state index in [-0.39, 0.29) is 0 Å². The molecule has 0 saturated heterocycles. The number of benzene rings is 2. The normalized spacial score (nSPS) is 12.5. The first kappa shape index (κ1) is 18.7. The van der Waals surface area contributed by atoms with Crippen molar-refractivity contribution in [2.75, 3.05) is 0 Å². The Labute approximate surface area is 170 Å². The Bertz CT molecular complexity index is 1260. The topological polar surface area (TPSA) is 50.5 Å². The van der Waals surface area contributed by atoms with Crippen LogP contribution in [-0.2, 0) is 0 Å². The largest absolute Gasteiger partial charge is 0.256 e. The molecule has 2 aromatic heterocycles. The van der Waals surface area contributed by atoms with E-state index >= 15 is 0 Å². The minimum atomic E-state index is 0.692. The molecule has 0 aliphatic heterocycles. The van der Waals surface area contributed by atoms with Crippen molar-refractivity contribution in [1.82, 2.24) is 9.97 Å². The lowest BCUT2D eigenvalue weighted by Gasteiger charge is -2.08. The zero-order chi connectivity index (χ0) is 20.2. The van der Waals surface area contributed by atoms with Crippen LogP contribution in [0.5, 0.6) is 0 Å². The van der Waals surface area contributed by atoms with Crippen LogP contribution in [0.4, 0.5) is 0 Å². The van der Waals surface area contributed by atoms with Crippen LogP contribution in [0.3, 0.4) is 0 Å². The smallest absolute Gasteiger partial charge is 0.128 e. The molecule has 0 atom stereocenters. The molecule has 0 aliphatic rings. The third-order valence-electron chi connectivity index (χ3n) is 4.86. The number of aliphatic imine (C=N–C) groups is 2. The van der Waals surface area contributed by atoms with Crippen molar-refractivity contribution < 1.29 is 0 Å². The van der Waals surface area contributed by atoms with Crippen LogP contribution in [0.2, 0.25) is 0 Å². The molecule has 0 saturated carbocycles. The van der Waals surface area contributed by atoms with E-state index < -0.39 is 0 Å². The van der Waals surface area contributed by atoms with Crippen LogP contribution in [0.25, 0.3) is 27.5 Å². The zero-order valence-corrected chi connectivity index (χ0v) is 16.6. The highest BCUT2D eigenvalue weighted by Gasteiger charge is 2.07. The molecule has 4 nitrogen and oxygen atoms in total. The number of pyridine rings is 2. The minimum Gasteiger partial charge on any atom is -0.256 e. The van der Waals surface area contributed by atoms with Gasteiger partial charge in [-0.15, -0.1) is 0 Å². The Morgan fingerprint density at radius 3 is 2.52 bits per heavy atom. The fraction of sp³-hybridized carbons (Fsp3) is 0.120. The lowest BCUT2D eigenvalue weighted by atomic mass is 10.1. The molecule has 0 radical (unpaired) electrons. The first-order valence-corrected chi connectivity index (χ1v) is 9.66. The molecule has 0 amide bonds. The summed E-state index contributed by atoms with van der Waals surface area (Å²) in [7, 11) is 0. The second-order valence-electron chi connectivity index (χ2n) is 6.81. The lowest BCUT2D eigenvalue weighted by Crippen LogP contribution is -2.02. The number of hydrogen-bond acceptors (Lipinski definition) is 3. The predicted molar refractivity (Wildman–Crippen MR) is 122 cm³/mol. The molecular formula is C25H22N4. The lowest BCUT2D eigenvalue weighted by molar-refractivity contribution is 1.23. The summed E-state index contributed by atoms with van der Waals surface area (Å²) >= 11 is 0. The van der Waals surface area contributed by atoms with Gasteiger partial charge in [0, 0.05) is 40.9 Å². The third kappa shape index (κ3) is 3.97. The summed E-state index contributed by atoms with van der Waals surface area (Å²) in [5, 5.41) is 2.16. The first-order chi connectivity index (χ1) is 14.2. The van der Waals surface area contributed by atoms with Gasteiger partial charge in [-0.2, -0.15) is 0 Å². The van der Waals surface area contributed by atoms with Crippen LogP contribution >= 0.6 is 0 Å². The fourth-order valence-corrected chi connectivity index (χ4v) is 3.30. The van der Waals surface area contributed by atoms with E-state index in [0.717, 1.165) is 44.5 Å². The summed E-state index contributed by atoms with van der Waals surface area (Å²) in [6.07, 6.45) is 4.31. The van der Waals surface area contributed by atoms with Crippen LogP contribution in [-0.4, -0.2) is 21.5 Å². The van der Waals surface area contributed by atoms with Crippen molar-refractivity contribution >= 4 is 39.1 Å². The molecule has 142 valence electrons. The highest BCUT2D eigenvalue weighted by Crippen LogP contribution is 2.24. The van der Waals surface area contributed by atoms with Gasteiger partial charge in [0.1, 0.15) is 5.84 Å². The molecule has 0 bridgehead atoms. The van der Waals surface area contributed by atoms with Gasteiger partial charge in [-0.1, -0.05) is 49.9 Å². The van der Waals surface area contributed by atoms with Crippen molar-refractivity contribution in [2.45, 2.75) is 20.3 Å². The van der Waals surface area contributed by atoms with Gasteiger partial charge in [-0.05, 0) is 36.8 Å². The van der Waals surface area contributed by atoms with Gasteiger partial charge < -0.3 is 0 Å². The molecule has 0 fully saturated rings. The Morgan fingerprint density at radius 2 is 1.69 bits per heavy atom. The molecule has 4 aromatic rings. The van der Waals surface area contributed by atoms with Gasteiger partial charge >= 0.3 is 0 Å². The maximum Gasteiger partial charge on any atom is 0.128 e. The van der Waals surface area contributed by atoms with Crippen molar-refractivity contribution in [3.05, 3.63) is 90.8 Å². The Hall–Kier alpha value is -3.66. The molecule has 0 aliphatic carbocycles. The molecule has 0 spiro atoms. The van der Waals surface area contributed by atoms with E-state index in [1.807, 2.05) is 43.3 Å². The molecule has 0 unspecified atom stereocenters. The van der Waals surface area contributed by atoms with E-state index in [2.05, 4.69) is 47.7 Å². The SMILES string of the molecule is C=C(N=C(CC)N=C(C)c1ccc2cccnc2c1)c1cccc2ncccc12. The van der Waals surface area contributed by atoms with Gasteiger partial charge in [-0.3, -0.25) is 9.97 Å². The summed E-state index contributed by atoms with van der Waals surface area (Å²) in [6.45, 7) is 8.24. The van der Waals surface area contributed by atoms with E-state index in [9.17, 15) is 0 Å². The van der Waals surface area contributed by atoms with Crippen LogP contribution in [0.15, 0.2) is 89.6 Å². The average molecular weight is 378 g/mol. The number of nitrogens with zero attached hydrogens (tertiary/aromatic N) is 4. The van der Waals surface area contributed by atoms with Gasteiger partial charge in [0.2, 0.25) is 0 Å². The molecule has 2 aromatic carbocycles. The fourth-order valence-electron chi connectivity index (χ4n) is 3.30. The molecule has 29 heavy (non-hydrogen) atoms. The van der Waals surface area contributed by atoms with Crippen molar-refractivity contribution in [1.29, 1.82) is 0 Å². The van der Waals surface area contributed by atoms with Gasteiger partial charge in [0.05, 0.1) is 16.7 Å². The Morgan fingerprint density at radius 1 is 0.897 bits per heavy atom. The average Bonchev–Trinajstić information content (AvgIpc) is 2.77. The summed E-state index contributed by atoms with van der Waals surface area (Å²) in [4.78, 5) is 18.4. The number of rotatable bonds is 4. The molecule has 4 heteroatoms. The second-order valence-corrected chi connectivity index (χ2v) is 6.81. The maximum atomic E-state index is 4.78. The van der Waals surface area contributed by atoms with Crippen molar-refractivity contribution in [3.63, 3.8) is 0 Å². The standard InChI is InChI=1S/C25H22N4/c1-4-25(28-17(2)20-13-12-19-8-6-14-27-24(19)16-20)29-18(3)21-9-5-11-23-22(21)10-7-15-26-23/h5-16H,3-4H2,1-2H3. The first-order valence-electron chi connectivity index (χ1n) is 9.66. The van der Waals surface area contributed by atoms with Crippen molar-refractivity contribution in [2.24, 2.45) is 9.98 Å². The highest BCUT2D eigenvalue weighted by molar-refractivity contribution is 6.08. The second kappa shape index (κ2) is 8.15. The summed E-state index contributed by atoms with van der Waals surface area (Å²) in [5.41, 5.74) is 5.51. The van der Waals surface area contributed by atoms with Crippen LogP contribution in [0, 0.1) is 0 Å². The van der Waals surface area contributed by atoms with E-state index in [1.54, 1.807) is 12.4 Å². The number of amidine groups is 1. The summed E-state index contributed by atoms with van der Waals surface area (Å²) in [6, 6.07) is 20.2. The van der Waals surface area contributed by atoms with E-state index in [4.69, 9.17) is 9.98 Å². The summed E-state index contributed by atoms with van der Waals surface area (Å²) < 4.78 is 0. The van der Waals surface area contributed by atoms with E-state index in [0.29, 0.717) is 12.1 Å². The minimum absolute atomic E-state index is 0.692. The Balaban J connectivity index is 1.68. The highest BCUT2D eigenvalue weighted by atomic mass is 14.9. The zero-order valence-electron chi connectivity index (χ0n) is 16.6. The molecular weight excluding hydrogens is 356 g/mol. The quantitative estimate of drug-likeness (QED) is 0.319. The van der Waals surface area contributed by atoms with Gasteiger partial charge in [0.25, 0.3) is 0 Å². The monoisotopic (exact) mass is 378 g/mol. The number of aromatic nitrogens is 2. The number of hydrogen-bond donors (Lipinski definition) is 0. The van der Waals surface area contributed by atoms with Crippen LogP contribution < -0.4 is 0 Å². The Kier molecular flexibility index (Phi) is 5.25. The van der Waals surface area contributed by atoms with Crippen LogP contribution in [0.1, 0.15) is 31.4 Å². The molecule has 0 N–H and O–H groups in total. The van der Waals surface area contributed by atoms with Gasteiger partial charge in [-0.25, -0.2) is 9.98 Å². The van der Waals surface area contributed by atoms with Gasteiger partial charge in [0.15, 0.2) is 0 Å². The third-order valence-corrected chi connectivity index (χ3v) is 4.86. The summed E-state index contributed by atoms with van der Waals surface area (Å²) in [5.74, 6) is 0.745. The van der Waals surface area contributed by atoms with Crippen molar-refractivity contribution in [3.8, 4) is 0 Å². The predicted octanol–water partition coefficient (Wildman–Crippen LogP) is 6.07. The van der Waals surface area contributed by atoms with E-state index in [1.165, 1.54) is 0 Å².